The third kappa shape index (κ3) is 5.54. The van der Waals surface area contributed by atoms with Crippen molar-refractivity contribution in [2.45, 2.75) is 51.8 Å². The van der Waals surface area contributed by atoms with E-state index >= 15 is 0 Å². The molecule has 4 atom stereocenters. The van der Waals surface area contributed by atoms with Crippen LogP contribution in [0.1, 0.15) is 33.6 Å². The van der Waals surface area contributed by atoms with Crippen LogP contribution in [-0.2, 0) is 18.3 Å². The maximum atomic E-state index is 11.8. The molecule has 1 aliphatic rings. The number of phosphoric acid groups is 1. The van der Waals surface area contributed by atoms with Gasteiger partial charge in [-0.25, -0.2) is 4.57 Å². The molecule has 8 heteroatoms. The summed E-state index contributed by atoms with van der Waals surface area (Å²) in [7, 11) is -2.18. The van der Waals surface area contributed by atoms with Crippen molar-refractivity contribution in [2.24, 2.45) is 5.41 Å². The van der Waals surface area contributed by atoms with Crippen LogP contribution in [0.4, 0.5) is 0 Å². The van der Waals surface area contributed by atoms with E-state index in [0.29, 0.717) is 12.8 Å². The molecule has 0 saturated carbocycles. The zero-order valence-electron chi connectivity index (χ0n) is 12.0. The molecule has 0 aromatic heterocycles. The molecule has 4 unspecified atom stereocenters. The summed E-state index contributed by atoms with van der Waals surface area (Å²) in [5.74, 6) is 0. The maximum Gasteiger partial charge on any atom is 0.472 e. The van der Waals surface area contributed by atoms with E-state index < -0.39 is 13.9 Å². The summed E-state index contributed by atoms with van der Waals surface area (Å²) in [5.41, 5.74) is -0.180. The molecule has 1 heterocycles. The van der Waals surface area contributed by atoms with Crippen LogP contribution >= 0.6 is 7.82 Å². The smallest absolute Gasteiger partial charge is 0.396 e. The number of hydrogen-bond donors (Lipinski definition) is 2. The number of phosphoric ester groups is 1. The molecule has 1 aliphatic heterocycles. The van der Waals surface area contributed by atoms with Gasteiger partial charge < -0.3 is 14.7 Å². The largest absolute Gasteiger partial charge is 0.472 e. The maximum absolute atomic E-state index is 11.8. The van der Waals surface area contributed by atoms with E-state index in [1.165, 1.54) is 0 Å². The lowest BCUT2D eigenvalue weighted by atomic mass is 9.85. The van der Waals surface area contributed by atoms with Crippen LogP contribution < -0.4 is 0 Å². The van der Waals surface area contributed by atoms with Gasteiger partial charge in [0.25, 0.3) is 0 Å². The van der Waals surface area contributed by atoms with Crippen LogP contribution in [0, 0.1) is 5.41 Å². The minimum Gasteiger partial charge on any atom is -0.396 e. The van der Waals surface area contributed by atoms with Crippen molar-refractivity contribution in [3.8, 4) is 0 Å². The molecule has 112 valence electrons. The summed E-state index contributed by atoms with van der Waals surface area (Å²) in [6, 6.07) is -0.00772. The van der Waals surface area contributed by atoms with Gasteiger partial charge >= 0.3 is 7.82 Å². The van der Waals surface area contributed by atoms with E-state index in [-0.39, 0.29) is 30.7 Å². The summed E-state index contributed by atoms with van der Waals surface area (Å²) in [6.45, 7) is 5.91. The molecule has 0 bridgehead atoms. The van der Waals surface area contributed by atoms with Crippen LogP contribution in [0.2, 0.25) is 0 Å². The highest BCUT2D eigenvalue weighted by Gasteiger charge is 2.44. The first kappa shape index (κ1) is 17.1. The van der Waals surface area contributed by atoms with Gasteiger partial charge in [0.2, 0.25) is 0 Å². The Morgan fingerprint density at radius 1 is 1.47 bits per heavy atom. The minimum atomic E-state index is -4.10. The molecule has 1 rings (SSSR count). The predicted molar refractivity (Wildman–Crippen MR) is 73.6 cm³/mol. The van der Waals surface area contributed by atoms with Gasteiger partial charge in [-0.05, 0) is 18.3 Å². The quantitative estimate of drug-likeness (QED) is 0.425. The van der Waals surface area contributed by atoms with Gasteiger partial charge in [-0.1, -0.05) is 20.8 Å². The Kier molecular flexibility index (Phi) is 6.05. The van der Waals surface area contributed by atoms with E-state index in [0.717, 1.165) is 0 Å². The minimum absolute atomic E-state index is 0.00636. The highest BCUT2D eigenvalue weighted by molar-refractivity contribution is 7.47. The van der Waals surface area contributed by atoms with Gasteiger partial charge in [-0.3, -0.25) is 9.05 Å². The molecular formula is C11H24BO6P. The van der Waals surface area contributed by atoms with Crippen molar-refractivity contribution in [1.29, 1.82) is 0 Å². The molecule has 0 aromatic rings. The fourth-order valence-corrected chi connectivity index (χ4v) is 3.11. The van der Waals surface area contributed by atoms with Gasteiger partial charge in [0.05, 0.1) is 18.8 Å². The second-order valence-corrected chi connectivity index (χ2v) is 7.40. The molecular weight excluding hydrogens is 270 g/mol. The monoisotopic (exact) mass is 294 g/mol. The third-order valence-corrected chi connectivity index (χ3v) is 4.01. The molecule has 2 N–H and O–H groups in total. The molecule has 0 aromatic carbocycles. The standard InChI is InChI=1S/C11H24BO6P/c1-11(2,3)10-8(7-9(12)17-10)18-19(14,15)16-6-4-5-13/h8-10,13H,4-7,12H2,1-3H3,(H,14,15). The van der Waals surface area contributed by atoms with Gasteiger partial charge in [0.15, 0.2) is 0 Å². The molecule has 0 amide bonds. The molecule has 1 fully saturated rings. The zero-order chi connectivity index (χ0) is 14.7. The van der Waals surface area contributed by atoms with Gasteiger partial charge in [0.1, 0.15) is 7.85 Å². The average molecular weight is 294 g/mol. The van der Waals surface area contributed by atoms with E-state index in [4.69, 9.17) is 18.9 Å². The first-order valence-electron chi connectivity index (χ1n) is 6.58. The summed E-state index contributed by atoms with van der Waals surface area (Å²) in [6.07, 6.45) is 0.161. The Bertz CT molecular complexity index is 332. The van der Waals surface area contributed by atoms with E-state index in [9.17, 15) is 9.46 Å². The second kappa shape index (κ2) is 6.70. The van der Waals surface area contributed by atoms with Gasteiger partial charge in [-0.2, -0.15) is 0 Å². The highest BCUT2D eigenvalue weighted by Crippen LogP contribution is 2.49. The van der Waals surface area contributed by atoms with Gasteiger partial charge in [-0.15, -0.1) is 0 Å². The van der Waals surface area contributed by atoms with Crippen LogP contribution in [0.3, 0.4) is 0 Å². The topological polar surface area (TPSA) is 85.2 Å². The first-order chi connectivity index (χ1) is 8.65. The van der Waals surface area contributed by atoms with Crippen molar-refractivity contribution in [2.75, 3.05) is 13.2 Å². The lowest BCUT2D eigenvalue weighted by molar-refractivity contribution is -0.0366. The fourth-order valence-electron chi connectivity index (χ4n) is 2.15. The normalized spacial score (nSPS) is 31.3. The Morgan fingerprint density at radius 2 is 2.11 bits per heavy atom. The highest BCUT2D eigenvalue weighted by atomic mass is 31.2. The molecule has 19 heavy (non-hydrogen) atoms. The molecule has 6 nitrogen and oxygen atoms in total. The van der Waals surface area contributed by atoms with Crippen LogP contribution in [0.25, 0.3) is 0 Å². The molecule has 0 radical (unpaired) electrons. The van der Waals surface area contributed by atoms with Crippen molar-refractivity contribution >= 4 is 15.7 Å². The lowest BCUT2D eigenvalue weighted by Crippen LogP contribution is -2.36. The number of aliphatic hydroxyl groups excluding tert-OH is 1. The number of ether oxygens (including phenoxy) is 1. The number of aliphatic hydroxyl groups is 1. The van der Waals surface area contributed by atoms with Crippen molar-refractivity contribution < 1.29 is 28.3 Å². The van der Waals surface area contributed by atoms with Crippen molar-refractivity contribution in [1.82, 2.24) is 0 Å². The Morgan fingerprint density at radius 3 is 2.63 bits per heavy atom. The first-order valence-corrected chi connectivity index (χ1v) is 8.07. The summed E-state index contributed by atoms with van der Waals surface area (Å²) >= 11 is 0. The second-order valence-electron chi connectivity index (χ2n) is 5.99. The number of hydrogen-bond acceptors (Lipinski definition) is 5. The van der Waals surface area contributed by atoms with Crippen molar-refractivity contribution in [3.05, 3.63) is 0 Å². The molecule has 0 spiro atoms. The molecule has 0 aliphatic carbocycles. The molecule has 1 saturated heterocycles. The van der Waals surface area contributed by atoms with E-state index in [1.54, 1.807) is 0 Å². The van der Waals surface area contributed by atoms with Crippen LogP contribution in [0.5, 0.6) is 0 Å². The van der Waals surface area contributed by atoms with E-state index in [2.05, 4.69) is 0 Å². The Balaban J connectivity index is 2.61. The predicted octanol–water partition coefficient (Wildman–Crippen LogP) is 0.665. The Hall–Kier alpha value is 0.0949. The third-order valence-electron chi connectivity index (χ3n) is 2.96. The van der Waals surface area contributed by atoms with E-state index in [1.807, 2.05) is 28.6 Å². The van der Waals surface area contributed by atoms with Crippen molar-refractivity contribution in [3.63, 3.8) is 0 Å². The number of rotatable bonds is 6. The lowest BCUT2D eigenvalue weighted by Gasteiger charge is -2.31. The summed E-state index contributed by atoms with van der Waals surface area (Å²) in [5, 5.41) is 8.62. The van der Waals surface area contributed by atoms with Crippen LogP contribution in [0.15, 0.2) is 0 Å². The average Bonchev–Trinajstić information content (AvgIpc) is 2.58. The Labute approximate surface area is 115 Å². The SMILES string of the molecule is BC1CC(OP(=O)(O)OCCCO)C(C(C)(C)C)O1. The summed E-state index contributed by atoms with van der Waals surface area (Å²) in [4.78, 5) is 9.65. The summed E-state index contributed by atoms with van der Waals surface area (Å²) < 4.78 is 27.6. The van der Waals surface area contributed by atoms with Crippen LogP contribution in [-0.4, -0.2) is 49.3 Å². The fraction of sp³-hybridized carbons (Fsp3) is 1.00. The zero-order valence-corrected chi connectivity index (χ0v) is 12.9. The van der Waals surface area contributed by atoms with Gasteiger partial charge in [0, 0.05) is 12.6 Å².